The van der Waals surface area contributed by atoms with Crippen molar-refractivity contribution in [2.75, 3.05) is 6.26 Å². The lowest BCUT2D eigenvalue weighted by molar-refractivity contribution is 0.0947. The van der Waals surface area contributed by atoms with E-state index in [1.165, 1.54) is 16.4 Å². The van der Waals surface area contributed by atoms with Crippen LogP contribution in [0.5, 0.6) is 0 Å². The lowest BCUT2D eigenvalue weighted by Crippen LogP contribution is -2.29. The second-order valence-electron chi connectivity index (χ2n) is 6.66. The van der Waals surface area contributed by atoms with E-state index in [9.17, 15) is 9.59 Å². The number of fused-ring (bicyclic) bond motifs is 1. The number of aromatic nitrogens is 3. The predicted molar refractivity (Wildman–Crippen MR) is 119 cm³/mol. The number of rotatable bonds is 6. The quantitative estimate of drug-likeness (QED) is 0.487. The Morgan fingerprint density at radius 2 is 1.73 bits per heavy atom. The molecule has 2 aromatic heterocycles. The first-order chi connectivity index (χ1) is 14.7. The first kappa shape index (κ1) is 19.8. The molecule has 0 aliphatic rings. The lowest BCUT2D eigenvalue weighted by atomic mass is 10.1. The van der Waals surface area contributed by atoms with Crippen molar-refractivity contribution in [2.24, 2.45) is 0 Å². The maximum atomic E-state index is 12.9. The van der Waals surface area contributed by atoms with E-state index in [1.54, 1.807) is 18.3 Å². The predicted octanol–water partition coefficient (Wildman–Crippen LogP) is 3.49. The smallest absolute Gasteiger partial charge is 0.275 e. The second-order valence-corrected chi connectivity index (χ2v) is 7.51. The molecule has 2 heterocycles. The molecule has 0 bridgehead atoms. The average molecular weight is 417 g/mol. The topological polar surface area (TPSA) is 76.9 Å². The minimum atomic E-state index is -0.181. The number of hydrogen-bond acceptors (Lipinski definition) is 5. The molecule has 0 unspecified atom stereocenters. The number of amides is 1. The summed E-state index contributed by atoms with van der Waals surface area (Å²) in [6, 6.07) is 20.3. The zero-order valence-corrected chi connectivity index (χ0v) is 17.2. The van der Waals surface area contributed by atoms with Crippen molar-refractivity contribution in [3.8, 4) is 0 Å². The highest BCUT2D eigenvalue weighted by Crippen LogP contribution is 2.20. The van der Waals surface area contributed by atoms with Gasteiger partial charge < -0.3 is 5.32 Å². The normalized spacial score (nSPS) is 10.8. The fraction of sp³-hybridized carbons (Fsp3) is 0.130. The summed E-state index contributed by atoms with van der Waals surface area (Å²) >= 11 is 1.52. The summed E-state index contributed by atoms with van der Waals surface area (Å²) in [5.41, 5.74) is 1.82. The Morgan fingerprint density at radius 3 is 2.50 bits per heavy atom. The molecule has 0 saturated heterocycles. The maximum absolute atomic E-state index is 12.9. The van der Waals surface area contributed by atoms with Gasteiger partial charge in [0.1, 0.15) is 0 Å². The van der Waals surface area contributed by atoms with Crippen LogP contribution in [0.3, 0.4) is 0 Å². The van der Waals surface area contributed by atoms with Crippen molar-refractivity contribution >= 4 is 28.4 Å². The van der Waals surface area contributed by atoms with Crippen molar-refractivity contribution in [1.29, 1.82) is 0 Å². The highest BCUT2D eigenvalue weighted by molar-refractivity contribution is 7.98. The molecule has 0 fully saturated rings. The molecule has 0 atom stereocenters. The van der Waals surface area contributed by atoms with Crippen LogP contribution in [0.15, 0.2) is 82.6 Å². The van der Waals surface area contributed by atoms with Gasteiger partial charge in [-0.3, -0.25) is 14.6 Å². The zero-order valence-electron chi connectivity index (χ0n) is 16.4. The van der Waals surface area contributed by atoms with Gasteiger partial charge in [-0.2, -0.15) is 5.10 Å². The molecular weight excluding hydrogens is 396 g/mol. The first-order valence-electron chi connectivity index (χ1n) is 9.47. The summed E-state index contributed by atoms with van der Waals surface area (Å²) in [6.07, 6.45) is 3.63. The third-order valence-electron chi connectivity index (χ3n) is 4.75. The molecule has 30 heavy (non-hydrogen) atoms. The molecular formula is C23H20N4O2S. The minimum Gasteiger partial charge on any atom is -0.346 e. The third-order valence-corrected chi connectivity index (χ3v) is 5.55. The van der Waals surface area contributed by atoms with Gasteiger partial charge in [-0.05, 0) is 36.6 Å². The van der Waals surface area contributed by atoms with E-state index >= 15 is 0 Å². The molecule has 150 valence electrons. The highest BCUT2D eigenvalue weighted by Gasteiger charge is 2.14. The number of carbonyl (C=O) groups is 1. The Balaban J connectivity index is 1.67. The number of benzene rings is 2. The van der Waals surface area contributed by atoms with E-state index in [0.717, 1.165) is 16.0 Å². The first-order valence-corrected chi connectivity index (χ1v) is 10.7. The van der Waals surface area contributed by atoms with Crippen LogP contribution in [0.1, 0.15) is 21.7 Å². The van der Waals surface area contributed by atoms with Crippen LogP contribution < -0.4 is 10.9 Å². The van der Waals surface area contributed by atoms with Gasteiger partial charge in [0.2, 0.25) is 0 Å². The summed E-state index contributed by atoms with van der Waals surface area (Å²) in [4.78, 5) is 30.9. The zero-order chi connectivity index (χ0) is 20.9. The number of thioether (sulfide) groups is 1. The van der Waals surface area contributed by atoms with Crippen LogP contribution in [-0.2, 0) is 13.1 Å². The SMILES string of the molecule is CSc1ccccc1C(=O)NCc1nn(Cc2ccccn2)c(=O)c2ccccc12. The lowest BCUT2D eigenvalue weighted by Gasteiger charge is -2.12. The molecule has 4 aromatic rings. The maximum Gasteiger partial charge on any atom is 0.275 e. The van der Waals surface area contributed by atoms with Gasteiger partial charge in [0.05, 0.1) is 35.4 Å². The highest BCUT2D eigenvalue weighted by atomic mass is 32.2. The van der Waals surface area contributed by atoms with Crippen molar-refractivity contribution in [3.05, 3.63) is 100 Å². The summed E-state index contributed by atoms with van der Waals surface area (Å²) < 4.78 is 1.40. The van der Waals surface area contributed by atoms with Crippen molar-refractivity contribution in [1.82, 2.24) is 20.1 Å². The van der Waals surface area contributed by atoms with Crippen molar-refractivity contribution in [3.63, 3.8) is 0 Å². The van der Waals surface area contributed by atoms with Gasteiger partial charge in [0.15, 0.2) is 0 Å². The minimum absolute atomic E-state index is 0.173. The molecule has 0 saturated carbocycles. The molecule has 0 aliphatic carbocycles. The van der Waals surface area contributed by atoms with Crippen LogP contribution in [0.25, 0.3) is 10.8 Å². The van der Waals surface area contributed by atoms with E-state index < -0.39 is 0 Å². The molecule has 4 rings (SSSR count). The van der Waals surface area contributed by atoms with Crippen LogP contribution in [0, 0.1) is 0 Å². The fourth-order valence-corrected chi connectivity index (χ4v) is 3.87. The van der Waals surface area contributed by atoms with Crippen molar-refractivity contribution in [2.45, 2.75) is 18.0 Å². The van der Waals surface area contributed by atoms with E-state index in [4.69, 9.17) is 0 Å². The number of nitrogens with one attached hydrogen (secondary N) is 1. The molecule has 2 aromatic carbocycles. The van der Waals surface area contributed by atoms with Crippen molar-refractivity contribution < 1.29 is 4.79 Å². The van der Waals surface area contributed by atoms with Crippen LogP contribution >= 0.6 is 11.8 Å². The Bertz CT molecular complexity index is 1260. The molecule has 1 N–H and O–H groups in total. The van der Waals surface area contributed by atoms with Crippen LogP contribution in [0.4, 0.5) is 0 Å². The van der Waals surface area contributed by atoms with E-state index in [-0.39, 0.29) is 24.6 Å². The monoisotopic (exact) mass is 416 g/mol. The Labute approximate surface area is 178 Å². The van der Waals surface area contributed by atoms with E-state index in [1.807, 2.05) is 60.9 Å². The van der Waals surface area contributed by atoms with Gasteiger partial charge in [0, 0.05) is 16.5 Å². The molecule has 0 spiro atoms. The van der Waals surface area contributed by atoms with Gasteiger partial charge in [-0.1, -0.05) is 36.4 Å². The Hall–Kier alpha value is -3.45. The number of pyridine rings is 1. The van der Waals surface area contributed by atoms with Crippen LogP contribution in [-0.4, -0.2) is 26.9 Å². The van der Waals surface area contributed by atoms with Gasteiger partial charge >= 0.3 is 0 Å². The van der Waals surface area contributed by atoms with Crippen LogP contribution in [0.2, 0.25) is 0 Å². The summed E-state index contributed by atoms with van der Waals surface area (Å²) in [5, 5.41) is 8.80. The third kappa shape index (κ3) is 4.11. The molecule has 1 amide bonds. The second kappa shape index (κ2) is 8.92. The number of carbonyl (C=O) groups excluding carboxylic acids is 1. The van der Waals surface area contributed by atoms with E-state index in [0.29, 0.717) is 16.6 Å². The Morgan fingerprint density at radius 1 is 1.00 bits per heavy atom. The van der Waals surface area contributed by atoms with Gasteiger partial charge in [-0.25, -0.2) is 4.68 Å². The summed E-state index contributed by atoms with van der Waals surface area (Å²) in [6.45, 7) is 0.478. The standard InChI is InChI=1S/C23H20N4O2S/c1-30-21-12-5-4-11-19(21)22(28)25-14-20-17-9-2-3-10-18(17)23(29)27(26-20)15-16-8-6-7-13-24-16/h2-13H,14-15H2,1H3,(H,25,28). The number of nitrogens with zero attached hydrogens (tertiary/aromatic N) is 3. The molecule has 0 radical (unpaired) electrons. The fourth-order valence-electron chi connectivity index (χ4n) is 3.28. The average Bonchev–Trinajstić information content (AvgIpc) is 2.80. The van der Waals surface area contributed by atoms with Gasteiger partial charge in [-0.15, -0.1) is 11.8 Å². The van der Waals surface area contributed by atoms with Gasteiger partial charge in [0.25, 0.3) is 11.5 Å². The summed E-state index contributed by atoms with van der Waals surface area (Å²) in [5.74, 6) is -0.173. The molecule has 6 nitrogen and oxygen atoms in total. The Kier molecular flexibility index (Phi) is 5.90. The largest absolute Gasteiger partial charge is 0.346 e. The number of hydrogen-bond donors (Lipinski definition) is 1. The molecule has 0 aliphatic heterocycles. The molecule has 7 heteroatoms. The summed E-state index contributed by atoms with van der Waals surface area (Å²) in [7, 11) is 0. The van der Waals surface area contributed by atoms with E-state index in [2.05, 4.69) is 15.4 Å².